The number of rotatable bonds is 3. The Morgan fingerprint density at radius 3 is 2.52 bits per heavy atom. The summed E-state index contributed by atoms with van der Waals surface area (Å²) >= 11 is 0. The molecule has 1 saturated carbocycles. The Bertz CT molecular complexity index is 950. The average molecular weight is 425 g/mol. The molecule has 2 bridgehead atoms. The molecule has 2 heterocycles. The number of phenols is 1. The van der Waals surface area contributed by atoms with Crippen LogP contribution in [0.4, 0.5) is 0 Å². The van der Waals surface area contributed by atoms with Crippen LogP contribution >= 0.6 is 0 Å². The second kappa shape index (κ2) is 8.59. The number of aliphatic carboxylic acids is 2. The molecule has 3 atom stereocenters. The lowest BCUT2D eigenvalue weighted by Gasteiger charge is -2.52. The number of phenolic OH excluding ortho intramolecular Hbond substituents is 1. The molecule has 2 aromatic carbocycles. The van der Waals surface area contributed by atoms with E-state index >= 15 is 0 Å². The molecule has 2 fully saturated rings. The number of carbonyl (C=O) groups is 2. The highest BCUT2D eigenvalue weighted by atomic mass is 16.5. The number of fused-ring (bicyclic) bond motifs is 1. The number of carboxylic acid groups (broad SMARTS) is 2. The van der Waals surface area contributed by atoms with E-state index in [9.17, 15) is 5.11 Å². The van der Waals surface area contributed by atoms with Crippen LogP contribution in [-0.4, -0.2) is 57.4 Å². The molecule has 0 spiro atoms. The third-order valence-electron chi connectivity index (χ3n) is 6.80. The first-order valence-corrected chi connectivity index (χ1v) is 10.6. The third-order valence-corrected chi connectivity index (χ3v) is 6.80. The van der Waals surface area contributed by atoms with Gasteiger partial charge in [-0.2, -0.15) is 0 Å². The fourth-order valence-electron chi connectivity index (χ4n) is 5.39. The second-order valence-corrected chi connectivity index (χ2v) is 8.47. The Morgan fingerprint density at radius 2 is 1.81 bits per heavy atom. The molecular formula is C24H27NO6. The number of piperidine rings is 1. The van der Waals surface area contributed by atoms with E-state index in [0.717, 1.165) is 31.7 Å². The molecule has 2 aliphatic heterocycles. The molecule has 2 aromatic rings. The predicted octanol–water partition coefficient (Wildman–Crippen LogP) is 3.05. The van der Waals surface area contributed by atoms with E-state index in [1.165, 1.54) is 30.4 Å². The van der Waals surface area contributed by atoms with Gasteiger partial charge in [-0.25, -0.2) is 9.59 Å². The third kappa shape index (κ3) is 4.10. The SMILES string of the molecule is O=C(O)C(=O)O.Oc1ccc2c(c1)[C@@]13CCC[C@@H]([C@@H]1O2)N(CCc1ccccc1)CC3. The van der Waals surface area contributed by atoms with Crippen LogP contribution in [0.15, 0.2) is 48.5 Å². The van der Waals surface area contributed by atoms with Gasteiger partial charge in [-0.3, -0.25) is 4.90 Å². The Labute approximate surface area is 180 Å². The van der Waals surface area contributed by atoms with Crippen molar-refractivity contribution in [1.29, 1.82) is 0 Å². The molecule has 0 radical (unpaired) electrons. The summed E-state index contributed by atoms with van der Waals surface area (Å²) in [5.74, 6) is -2.28. The highest BCUT2D eigenvalue weighted by molar-refractivity contribution is 6.27. The van der Waals surface area contributed by atoms with Crippen molar-refractivity contribution in [3.8, 4) is 11.5 Å². The maximum atomic E-state index is 9.98. The van der Waals surface area contributed by atoms with Gasteiger partial charge < -0.3 is 20.1 Å². The molecule has 3 N–H and O–H groups in total. The molecule has 7 nitrogen and oxygen atoms in total. The zero-order valence-corrected chi connectivity index (χ0v) is 17.2. The molecule has 164 valence electrons. The van der Waals surface area contributed by atoms with Crippen molar-refractivity contribution in [3.63, 3.8) is 0 Å². The Hall–Kier alpha value is -3.06. The van der Waals surface area contributed by atoms with Crippen LogP contribution < -0.4 is 4.74 Å². The molecule has 5 rings (SSSR count). The lowest BCUT2D eigenvalue weighted by atomic mass is 9.62. The fraction of sp³-hybridized carbons (Fsp3) is 0.417. The fourth-order valence-corrected chi connectivity index (χ4v) is 5.39. The predicted molar refractivity (Wildman–Crippen MR) is 113 cm³/mol. The molecule has 3 aliphatic rings. The van der Waals surface area contributed by atoms with Gasteiger partial charge in [0.2, 0.25) is 0 Å². The zero-order valence-electron chi connectivity index (χ0n) is 17.2. The molecular weight excluding hydrogens is 398 g/mol. The van der Waals surface area contributed by atoms with Crippen molar-refractivity contribution in [2.45, 2.75) is 49.7 Å². The summed E-state index contributed by atoms with van der Waals surface area (Å²) in [4.78, 5) is 20.9. The van der Waals surface area contributed by atoms with Crippen LogP contribution in [0.25, 0.3) is 0 Å². The molecule has 0 amide bonds. The van der Waals surface area contributed by atoms with Gasteiger partial charge in [-0.05, 0) is 56.0 Å². The first kappa shape index (κ1) is 21.2. The van der Waals surface area contributed by atoms with Crippen LogP contribution in [-0.2, 0) is 21.4 Å². The first-order valence-electron chi connectivity index (χ1n) is 10.6. The number of nitrogens with zero attached hydrogens (tertiary/aromatic N) is 1. The zero-order chi connectivity index (χ0) is 22.0. The van der Waals surface area contributed by atoms with Crippen LogP contribution in [0.2, 0.25) is 0 Å². The summed E-state index contributed by atoms with van der Waals surface area (Å²) in [6.45, 7) is 2.23. The van der Waals surface area contributed by atoms with Gasteiger partial charge in [0.15, 0.2) is 0 Å². The molecule has 0 aromatic heterocycles. The van der Waals surface area contributed by atoms with Crippen LogP contribution in [0.5, 0.6) is 11.5 Å². The topological polar surface area (TPSA) is 107 Å². The number of carboxylic acids is 2. The maximum absolute atomic E-state index is 9.98. The minimum atomic E-state index is -1.82. The molecule has 1 saturated heterocycles. The number of hydrogen-bond acceptors (Lipinski definition) is 5. The summed E-state index contributed by atoms with van der Waals surface area (Å²) in [7, 11) is 0. The molecule has 0 unspecified atom stereocenters. The van der Waals surface area contributed by atoms with E-state index in [0.29, 0.717) is 11.8 Å². The van der Waals surface area contributed by atoms with Gasteiger partial charge in [0.1, 0.15) is 17.6 Å². The average Bonchev–Trinajstić information content (AvgIpc) is 3.09. The highest BCUT2D eigenvalue weighted by Crippen LogP contribution is 2.56. The van der Waals surface area contributed by atoms with E-state index in [1.54, 1.807) is 6.07 Å². The van der Waals surface area contributed by atoms with Crippen molar-refractivity contribution in [2.24, 2.45) is 0 Å². The van der Waals surface area contributed by atoms with Gasteiger partial charge in [0.25, 0.3) is 0 Å². The van der Waals surface area contributed by atoms with E-state index in [-0.39, 0.29) is 11.5 Å². The molecule has 7 heteroatoms. The van der Waals surface area contributed by atoms with Crippen LogP contribution in [0.3, 0.4) is 0 Å². The quantitative estimate of drug-likeness (QED) is 0.649. The minimum Gasteiger partial charge on any atom is -0.508 e. The molecule has 31 heavy (non-hydrogen) atoms. The van der Waals surface area contributed by atoms with Gasteiger partial charge in [0.05, 0.1) is 0 Å². The highest BCUT2D eigenvalue weighted by Gasteiger charge is 2.57. The van der Waals surface area contributed by atoms with Crippen molar-refractivity contribution in [2.75, 3.05) is 13.1 Å². The van der Waals surface area contributed by atoms with Crippen molar-refractivity contribution < 1.29 is 29.6 Å². The number of aromatic hydroxyl groups is 1. The molecule has 1 aliphatic carbocycles. The number of likely N-dealkylation sites (tertiary alicyclic amines) is 1. The normalized spacial score (nSPS) is 25.9. The second-order valence-electron chi connectivity index (χ2n) is 8.47. The van der Waals surface area contributed by atoms with Gasteiger partial charge in [-0.1, -0.05) is 36.8 Å². The summed E-state index contributed by atoms with van der Waals surface area (Å²) < 4.78 is 6.45. The van der Waals surface area contributed by atoms with Crippen molar-refractivity contribution >= 4 is 11.9 Å². The number of ether oxygens (including phenoxy) is 1. The minimum absolute atomic E-state index is 0.125. The summed E-state index contributed by atoms with van der Waals surface area (Å²) in [6.07, 6.45) is 6.16. The van der Waals surface area contributed by atoms with Gasteiger partial charge >= 0.3 is 11.9 Å². The van der Waals surface area contributed by atoms with Gasteiger partial charge in [0, 0.05) is 23.6 Å². The van der Waals surface area contributed by atoms with Crippen molar-refractivity contribution in [3.05, 3.63) is 59.7 Å². The van der Waals surface area contributed by atoms with Crippen molar-refractivity contribution in [1.82, 2.24) is 4.90 Å². The van der Waals surface area contributed by atoms with E-state index in [1.807, 2.05) is 12.1 Å². The Kier molecular flexibility index (Phi) is 5.87. The van der Waals surface area contributed by atoms with E-state index < -0.39 is 11.9 Å². The first-order chi connectivity index (χ1) is 14.9. The summed E-state index contributed by atoms with van der Waals surface area (Å²) in [6, 6.07) is 16.9. The monoisotopic (exact) mass is 425 g/mol. The number of benzene rings is 2. The Morgan fingerprint density at radius 1 is 1.06 bits per heavy atom. The summed E-state index contributed by atoms with van der Waals surface area (Å²) in [5.41, 5.74) is 2.79. The maximum Gasteiger partial charge on any atom is 0.414 e. The smallest absolute Gasteiger partial charge is 0.414 e. The van der Waals surface area contributed by atoms with Crippen LogP contribution in [0, 0.1) is 0 Å². The lowest BCUT2D eigenvalue weighted by Crippen LogP contribution is -2.62. The van der Waals surface area contributed by atoms with Gasteiger partial charge in [-0.15, -0.1) is 0 Å². The number of hydrogen-bond donors (Lipinski definition) is 3. The summed E-state index contributed by atoms with van der Waals surface area (Å²) in [5, 5.41) is 24.8. The largest absolute Gasteiger partial charge is 0.508 e. The Balaban J connectivity index is 0.000000342. The van der Waals surface area contributed by atoms with E-state index in [4.69, 9.17) is 24.5 Å². The lowest BCUT2D eigenvalue weighted by molar-refractivity contribution is -0.159. The van der Waals surface area contributed by atoms with Crippen LogP contribution in [0.1, 0.15) is 36.8 Å². The van der Waals surface area contributed by atoms with E-state index in [2.05, 4.69) is 35.2 Å². The standard InChI is InChI=1S/C22H25NO2.C2H2O4/c24-17-8-9-20-18(15-17)22-11-4-7-19(21(22)25-20)23(14-12-22)13-10-16-5-2-1-3-6-16;3-1(4)2(5)6/h1-3,5-6,8-9,15,19,21,24H,4,7,10-14H2;(H,3,4)(H,5,6)/t19-,21-,22-;/m0./s1.